The molecule has 0 aliphatic carbocycles. The predicted molar refractivity (Wildman–Crippen MR) is 544 cm³/mol. The molecule has 4 aromatic carbocycles. The van der Waals surface area contributed by atoms with Gasteiger partial charge in [0, 0.05) is 113 Å². The zero-order valence-corrected chi connectivity index (χ0v) is 86.1. The van der Waals surface area contributed by atoms with Crippen LogP contribution in [-0.4, -0.2) is 144 Å². The first-order chi connectivity index (χ1) is 63.1. The van der Waals surface area contributed by atoms with Crippen molar-refractivity contribution in [2.75, 3.05) is 59.4 Å². The van der Waals surface area contributed by atoms with Crippen LogP contribution in [-0.2, 0) is 149 Å². The summed E-state index contributed by atoms with van der Waals surface area (Å²) >= 11 is 0. The zero-order valence-electron chi connectivity index (χ0n) is 86.1. The normalized spacial score (nSPS) is 12.2. The number of carbonyl (C=O) groups excluding carboxylic acids is 4. The van der Waals surface area contributed by atoms with E-state index in [1.165, 1.54) is 65.3 Å². The average Bonchev–Trinajstić information content (AvgIpc) is 0.853. The Labute approximate surface area is 807 Å². The topological polar surface area (TPSA) is 312 Å². The van der Waals surface area contributed by atoms with Crippen LogP contribution in [0.5, 0.6) is 0 Å². The summed E-state index contributed by atoms with van der Waals surface area (Å²) in [6.07, 6.45) is 27.3. The number of methoxy groups -OCH3 is 2. The highest BCUT2D eigenvalue weighted by atomic mass is 16.5. The summed E-state index contributed by atoms with van der Waals surface area (Å²) < 4.78 is 19.7. The number of ether oxygens (including phenoxy) is 4. The van der Waals surface area contributed by atoms with E-state index in [4.69, 9.17) is 25.4 Å². The maximum atomic E-state index is 12.1. The van der Waals surface area contributed by atoms with E-state index in [1.54, 1.807) is 49.6 Å². The van der Waals surface area contributed by atoms with Crippen molar-refractivity contribution in [3.8, 4) is 0 Å². The van der Waals surface area contributed by atoms with Crippen LogP contribution >= 0.6 is 0 Å². The molecule has 1 aliphatic heterocycles. The molecule has 0 amide bonds. The number of pyridine rings is 4. The number of carboxylic acid groups (broad SMARTS) is 2. The Morgan fingerprint density at radius 1 is 0.333 bits per heavy atom. The number of benzene rings is 4. The fraction of sp³-hybridized carbons (Fsp3) is 0.487. The van der Waals surface area contributed by atoms with Crippen LogP contribution < -0.4 is 5.73 Å². The minimum Gasteiger partial charge on any atom is -0.481 e. The molecule has 11 rings (SSSR count). The van der Waals surface area contributed by atoms with Gasteiger partial charge in [-0.2, -0.15) is 0 Å². The van der Waals surface area contributed by atoms with Gasteiger partial charge in [0.05, 0.1) is 52.6 Å². The molecule has 10 aromatic rings. The largest absolute Gasteiger partial charge is 0.481 e. The average molecular weight is 1850 g/mol. The van der Waals surface area contributed by atoms with Crippen molar-refractivity contribution in [1.29, 1.82) is 0 Å². The number of anilines is 1. The molecule has 22 heteroatoms. The number of aliphatic carboxylic acids is 2. The maximum Gasteiger partial charge on any atom is 0.313 e. The zero-order chi connectivity index (χ0) is 101. The van der Waals surface area contributed by atoms with Gasteiger partial charge in [0.2, 0.25) is 5.95 Å². The van der Waals surface area contributed by atoms with Gasteiger partial charge in [0.25, 0.3) is 0 Å². The van der Waals surface area contributed by atoms with E-state index in [2.05, 4.69) is 305 Å². The van der Waals surface area contributed by atoms with E-state index in [-0.39, 0.29) is 86.9 Å². The molecule has 0 radical (unpaired) electrons. The number of carboxylic acids is 2. The van der Waals surface area contributed by atoms with Crippen molar-refractivity contribution in [1.82, 2.24) is 44.8 Å². The van der Waals surface area contributed by atoms with E-state index in [0.29, 0.717) is 56.3 Å². The summed E-state index contributed by atoms with van der Waals surface area (Å²) in [6.45, 7) is 57.4. The minimum absolute atomic E-state index is 0.0315. The number of hydrogen-bond acceptors (Lipinski definition) is 20. The minimum atomic E-state index is -0.741. The van der Waals surface area contributed by atoms with Gasteiger partial charge in [-0.05, 0) is 209 Å². The van der Waals surface area contributed by atoms with Crippen LogP contribution in [0.4, 0.5) is 5.95 Å². The third-order valence-electron chi connectivity index (χ3n) is 22.2. The highest BCUT2D eigenvalue weighted by molar-refractivity contribution is 5.81. The van der Waals surface area contributed by atoms with Gasteiger partial charge in [-0.1, -0.05) is 275 Å². The number of nitrogens with two attached hydrogens (primary N) is 1. The summed E-state index contributed by atoms with van der Waals surface area (Å²) in [5, 5.41) is 17.1. The Balaban J connectivity index is 0.000000325. The van der Waals surface area contributed by atoms with Gasteiger partial charge < -0.3 is 34.9 Å². The SMILES string of the molecule is CC(C)(C)c1ccc(CC(=O)CCCc2ccncc2)cc1.CC(C)(C)c1ccc(CC(=O)OCCc2ccncc2)cc1.CC(C)(C)c1ccc(CCC(=O)O)cc1.CC(C)(C)c1ccc(CCCC(=O)O)cc1.CC(C)(C)c1ccc(CCCN2CCOCC2)nc1.CC(C)(C)c1cnc(N)nc1.COC(=O)Cc1ccc(C(C)(C)C)cn1.COC(=O)Cc1ncc(C(C)(C)C)cn1. The fourth-order valence-electron chi connectivity index (χ4n) is 13.0. The van der Waals surface area contributed by atoms with Crippen LogP contribution in [0.3, 0.4) is 0 Å². The van der Waals surface area contributed by atoms with Crippen LogP contribution in [0.25, 0.3) is 0 Å². The molecule has 732 valence electrons. The van der Waals surface area contributed by atoms with Crippen molar-refractivity contribution in [3.63, 3.8) is 0 Å². The number of esters is 3. The Kier molecular flexibility index (Phi) is 48.6. The lowest BCUT2D eigenvalue weighted by atomic mass is 9.86. The summed E-state index contributed by atoms with van der Waals surface area (Å²) in [7, 11) is 2.73. The molecule has 0 bridgehead atoms. The van der Waals surface area contributed by atoms with E-state index in [1.807, 2.05) is 73.1 Å². The lowest BCUT2D eigenvalue weighted by molar-refractivity contribution is -0.143. The summed E-state index contributed by atoms with van der Waals surface area (Å²) in [5.41, 5.74) is 24.9. The number of Topliss-reactive ketones (excluding diaryl/α,β-unsaturated/α-hetero) is 1. The molecule has 7 heterocycles. The predicted octanol–water partition coefficient (Wildman–Crippen LogP) is 22.2. The number of aromatic nitrogens is 8. The number of rotatable bonds is 26. The Hall–Kier alpha value is -11.6. The van der Waals surface area contributed by atoms with Gasteiger partial charge >= 0.3 is 29.8 Å². The third-order valence-corrected chi connectivity index (χ3v) is 22.2. The van der Waals surface area contributed by atoms with E-state index < -0.39 is 11.9 Å². The third kappa shape index (κ3) is 49.4. The lowest BCUT2D eigenvalue weighted by Crippen LogP contribution is -2.36. The molecule has 4 N–H and O–H groups in total. The molecule has 0 spiro atoms. The molecule has 0 saturated carbocycles. The molecule has 1 aliphatic rings. The standard InChI is InChI=1S/C20H25NO.C19H23NO2.C16H26N2O.C14H20O2.C13H18O2.C12H17NO2.C11H16N2O2.C8H13N3/c1-20(2,3)18-9-7-17(8-10-18)15-19(22)6-4-5-16-11-13-21-14-12-16;1-19(2,3)17-6-4-16(5-7-17)14-18(21)22-13-10-15-8-11-20-12-9-15;1-16(2,3)14-6-7-15(17-13-14)5-4-8-18-9-11-19-12-10-18;1-14(2,3)12-9-7-11(8-10-12)5-4-6-13(15)16;1-13(2,3)11-7-4-10(5-8-11)6-9-12(14)15;1-12(2,3)9-5-6-10(13-8-9)7-11(14)15-4;1-11(2,3)8-6-12-9(13-7-8)5-10(14)15-4;1-8(2,3)6-4-10-7(9)11-5-6/h7-14H,4-6,15H2,1-3H3;4-9,11-12H,10,13-14H2,1-3H3;6-7,13H,4-5,8-12H2,1-3H3;7-10H,4-6H2,1-3H3,(H,15,16);4-5,7-8H,6,9H2,1-3H3,(H,14,15);5-6,8H,7H2,1-4H3;6-7H,5H2,1-4H3;4-5H,1-3H3,(H2,9,10,11). The smallest absolute Gasteiger partial charge is 0.313 e. The molecular formula is C113H158N10O12. The van der Waals surface area contributed by atoms with Crippen molar-refractivity contribution < 1.29 is 57.9 Å². The number of nitrogens with zero attached hydrogens (tertiary/aromatic N) is 9. The summed E-state index contributed by atoms with van der Waals surface area (Å²) in [5.74, 6) is -1.08. The fourth-order valence-corrected chi connectivity index (χ4v) is 13.0. The first kappa shape index (κ1) is 116. The van der Waals surface area contributed by atoms with Crippen LogP contribution in [0.1, 0.15) is 300 Å². The van der Waals surface area contributed by atoms with Gasteiger partial charge in [-0.15, -0.1) is 0 Å². The molecule has 1 fully saturated rings. The molecular weight excluding hydrogens is 1690 g/mol. The van der Waals surface area contributed by atoms with Gasteiger partial charge in [0.1, 0.15) is 18.0 Å². The number of ketones is 1. The number of morpholine rings is 1. The molecule has 6 aromatic heterocycles. The molecule has 0 unspecified atom stereocenters. The molecule has 22 nitrogen and oxygen atoms in total. The van der Waals surface area contributed by atoms with Crippen molar-refractivity contribution in [2.45, 2.75) is 306 Å². The first-order valence-corrected chi connectivity index (χ1v) is 47.1. The number of carbonyl (C=O) groups is 6. The quantitative estimate of drug-likeness (QED) is 0.0335. The second-order valence-corrected chi connectivity index (χ2v) is 42.2. The second kappa shape index (κ2) is 56.7. The van der Waals surface area contributed by atoms with E-state index in [0.717, 1.165) is 110 Å². The molecule has 135 heavy (non-hydrogen) atoms. The second-order valence-electron chi connectivity index (χ2n) is 42.2. The van der Waals surface area contributed by atoms with Crippen LogP contribution in [0.15, 0.2) is 208 Å². The summed E-state index contributed by atoms with van der Waals surface area (Å²) in [6, 6.07) is 49.4. The lowest BCUT2D eigenvalue weighted by Gasteiger charge is -2.26. The van der Waals surface area contributed by atoms with E-state index in [9.17, 15) is 28.8 Å². The van der Waals surface area contributed by atoms with E-state index >= 15 is 0 Å². The van der Waals surface area contributed by atoms with Gasteiger partial charge in [-0.25, -0.2) is 19.9 Å². The molecule has 1 saturated heterocycles. The number of hydrogen-bond donors (Lipinski definition) is 3. The summed E-state index contributed by atoms with van der Waals surface area (Å²) in [4.78, 5) is 102. The highest BCUT2D eigenvalue weighted by Crippen LogP contribution is 2.29. The van der Waals surface area contributed by atoms with Crippen molar-refractivity contribution in [3.05, 3.63) is 303 Å². The Bertz CT molecular complexity index is 4890. The number of aryl methyl sites for hydroxylation is 4. The maximum absolute atomic E-state index is 12.1. The van der Waals surface area contributed by atoms with Crippen molar-refractivity contribution in [2.24, 2.45) is 0 Å². The molecule has 0 atom stereocenters. The monoisotopic (exact) mass is 1850 g/mol. The van der Waals surface area contributed by atoms with Crippen molar-refractivity contribution >= 4 is 41.6 Å². The highest BCUT2D eigenvalue weighted by Gasteiger charge is 2.22. The Morgan fingerprint density at radius 2 is 0.667 bits per heavy atom. The van der Waals surface area contributed by atoms with Gasteiger partial charge in [-0.3, -0.25) is 53.6 Å². The Morgan fingerprint density at radius 3 is 1.04 bits per heavy atom. The first-order valence-electron chi connectivity index (χ1n) is 47.1. The number of nitrogen functional groups attached to an aromatic ring is 1. The van der Waals surface area contributed by atoms with Crippen LogP contribution in [0.2, 0.25) is 0 Å². The van der Waals surface area contributed by atoms with Crippen LogP contribution in [0, 0.1) is 0 Å². The van der Waals surface area contributed by atoms with Gasteiger partial charge in [0.15, 0.2) is 0 Å².